The van der Waals surface area contributed by atoms with Gasteiger partial charge in [-0.05, 0) is 39.5 Å². The average Bonchev–Trinajstić information content (AvgIpc) is 2.70. The molecule has 2 N–H and O–H groups in total. The highest BCUT2D eigenvalue weighted by Gasteiger charge is 2.16. The number of unbranched alkanes of at least 4 members (excludes halogenated alkanes) is 1. The van der Waals surface area contributed by atoms with Crippen LogP contribution in [-0.2, 0) is 19.4 Å². The van der Waals surface area contributed by atoms with Gasteiger partial charge in [0.15, 0.2) is 0 Å². The summed E-state index contributed by atoms with van der Waals surface area (Å²) in [6, 6.07) is 2.34. The van der Waals surface area contributed by atoms with Crippen molar-refractivity contribution in [3.63, 3.8) is 0 Å². The van der Waals surface area contributed by atoms with Gasteiger partial charge in [0.05, 0.1) is 28.6 Å². The Morgan fingerprint density at radius 3 is 2.47 bits per heavy atom. The van der Waals surface area contributed by atoms with Gasteiger partial charge < -0.3 is 5.73 Å². The first-order valence-corrected chi connectivity index (χ1v) is 7.20. The van der Waals surface area contributed by atoms with Gasteiger partial charge >= 0.3 is 0 Å². The van der Waals surface area contributed by atoms with Gasteiger partial charge in [0, 0.05) is 6.54 Å². The molecule has 1 rings (SSSR count). The molecule has 0 atom stereocenters. The third kappa shape index (κ3) is 3.99. The van der Waals surface area contributed by atoms with E-state index >= 15 is 0 Å². The van der Waals surface area contributed by atoms with Crippen molar-refractivity contribution in [2.45, 2.75) is 66.3 Å². The van der Waals surface area contributed by atoms with Gasteiger partial charge in [-0.25, -0.2) is 0 Å². The number of hydrogen-bond donors (Lipinski definition) is 1. The smallest absolute Gasteiger partial charge is 0.0854 e. The van der Waals surface area contributed by atoms with Gasteiger partial charge in [-0.1, -0.05) is 20.3 Å². The van der Waals surface area contributed by atoms with E-state index in [9.17, 15) is 0 Å². The van der Waals surface area contributed by atoms with Crippen LogP contribution in [0.2, 0.25) is 0 Å². The Kier molecular flexibility index (Phi) is 5.41. The van der Waals surface area contributed by atoms with Crippen molar-refractivity contribution in [1.29, 1.82) is 5.26 Å². The molecule has 0 aromatic carbocycles. The standard InChI is InChI=1S/C15H26N4/c1-5-12-14(17)13(6-2)19(18-12)10-8-7-9-15(3,4)11-16/h5-10,17H2,1-4H3. The van der Waals surface area contributed by atoms with Crippen LogP contribution < -0.4 is 5.73 Å². The molecule has 0 amide bonds. The van der Waals surface area contributed by atoms with E-state index in [1.165, 1.54) is 0 Å². The molecule has 19 heavy (non-hydrogen) atoms. The van der Waals surface area contributed by atoms with Crippen molar-refractivity contribution in [2.24, 2.45) is 5.41 Å². The molecule has 0 saturated heterocycles. The van der Waals surface area contributed by atoms with Gasteiger partial charge in [-0.2, -0.15) is 10.4 Å². The SMILES string of the molecule is CCc1nn(CCCCC(C)(C)C#N)c(CC)c1N. The third-order valence-electron chi connectivity index (χ3n) is 3.57. The second-order valence-electron chi connectivity index (χ2n) is 5.69. The monoisotopic (exact) mass is 262 g/mol. The third-order valence-corrected chi connectivity index (χ3v) is 3.57. The fourth-order valence-electron chi connectivity index (χ4n) is 2.27. The van der Waals surface area contributed by atoms with E-state index in [0.717, 1.165) is 55.7 Å². The van der Waals surface area contributed by atoms with Crippen molar-refractivity contribution in [3.8, 4) is 6.07 Å². The second kappa shape index (κ2) is 6.60. The minimum absolute atomic E-state index is 0.217. The van der Waals surface area contributed by atoms with Crippen LogP contribution in [0, 0.1) is 16.7 Å². The number of nitrogens with zero attached hydrogens (tertiary/aromatic N) is 3. The number of hydrogen-bond acceptors (Lipinski definition) is 3. The molecule has 0 radical (unpaired) electrons. The Morgan fingerprint density at radius 1 is 1.26 bits per heavy atom. The molecule has 1 aromatic rings. The second-order valence-corrected chi connectivity index (χ2v) is 5.69. The zero-order chi connectivity index (χ0) is 14.5. The van der Waals surface area contributed by atoms with Crippen LogP contribution in [0.25, 0.3) is 0 Å². The van der Waals surface area contributed by atoms with Crippen LogP contribution in [-0.4, -0.2) is 9.78 Å². The molecule has 0 spiro atoms. The molecule has 0 unspecified atom stereocenters. The summed E-state index contributed by atoms with van der Waals surface area (Å²) in [7, 11) is 0. The van der Waals surface area contributed by atoms with E-state index in [-0.39, 0.29) is 5.41 Å². The van der Waals surface area contributed by atoms with E-state index in [2.05, 4.69) is 25.0 Å². The van der Waals surface area contributed by atoms with Gasteiger partial charge in [0.25, 0.3) is 0 Å². The number of aryl methyl sites for hydroxylation is 2. The number of rotatable bonds is 7. The maximum absolute atomic E-state index is 8.98. The van der Waals surface area contributed by atoms with Crippen LogP contribution in [0.5, 0.6) is 0 Å². The number of nitrogen functional groups attached to an aromatic ring is 1. The zero-order valence-corrected chi connectivity index (χ0v) is 12.7. The molecule has 4 heteroatoms. The number of nitriles is 1. The maximum Gasteiger partial charge on any atom is 0.0854 e. The molecule has 1 aromatic heterocycles. The first-order valence-electron chi connectivity index (χ1n) is 7.20. The number of aromatic nitrogens is 2. The number of nitrogens with two attached hydrogens (primary N) is 1. The lowest BCUT2D eigenvalue weighted by molar-refractivity contribution is 0.409. The van der Waals surface area contributed by atoms with Gasteiger partial charge in [-0.15, -0.1) is 0 Å². The Hall–Kier alpha value is -1.50. The lowest BCUT2D eigenvalue weighted by Crippen LogP contribution is -2.09. The predicted octanol–water partition coefficient (Wildman–Crippen LogP) is 3.31. The molecule has 0 fully saturated rings. The molecule has 0 aliphatic carbocycles. The van der Waals surface area contributed by atoms with E-state index < -0.39 is 0 Å². The molecule has 4 nitrogen and oxygen atoms in total. The topological polar surface area (TPSA) is 67.6 Å². The van der Waals surface area contributed by atoms with Crippen LogP contribution in [0.15, 0.2) is 0 Å². The number of anilines is 1. The van der Waals surface area contributed by atoms with E-state index in [1.807, 2.05) is 18.5 Å². The summed E-state index contributed by atoms with van der Waals surface area (Å²) < 4.78 is 2.05. The summed E-state index contributed by atoms with van der Waals surface area (Å²) in [6.45, 7) is 9.08. The fraction of sp³-hybridized carbons (Fsp3) is 0.733. The summed E-state index contributed by atoms with van der Waals surface area (Å²) in [4.78, 5) is 0. The normalized spacial score (nSPS) is 11.5. The molecular weight excluding hydrogens is 236 g/mol. The van der Waals surface area contributed by atoms with Crippen LogP contribution >= 0.6 is 0 Å². The molecule has 106 valence electrons. The van der Waals surface area contributed by atoms with Crippen LogP contribution in [0.4, 0.5) is 5.69 Å². The zero-order valence-electron chi connectivity index (χ0n) is 12.7. The Morgan fingerprint density at radius 2 is 1.95 bits per heavy atom. The molecule has 0 bridgehead atoms. The highest BCUT2D eigenvalue weighted by Crippen LogP contribution is 2.23. The first-order chi connectivity index (χ1) is 8.95. The molecular formula is C15H26N4. The summed E-state index contributed by atoms with van der Waals surface area (Å²) in [6.07, 6.45) is 4.82. The minimum atomic E-state index is -0.217. The summed E-state index contributed by atoms with van der Waals surface area (Å²) in [5.74, 6) is 0. The van der Waals surface area contributed by atoms with E-state index in [1.54, 1.807) is 0 Å². The van der Waals surface area contributed by atoms with Gasteiger partial charge in [0.1, 0.15) is 0 Å². The quantitative estimate of drug-likeness (QED) is 0.766. The summed E-state index contributed by atoms with van der Waals surface area (Å²) in [5.41, 5.74) is 8.90. The highest BCUT2D eigenvalue weighted by atomic mass is 15.3. The van der Waals surface area contributed by atoms with Crippen molar-refractivity contribution in [3.05, 3.63) is 11.4 Å². The molecule has 0 aliphatic rings. The minimum Gasteiger partial charge on any atom is -0.396 e. The van der Waals surface area contributed by atoms with Crippen molar-refractivity contribution >= 4 is 5.69 Å². The van der Waals surface area contributed by atoms with Crippen LogP contribution in [0.1, 0.15) is 58.3 Å². The first kappa shape index (κ1) is 15.6. The molecule has 1 heterocycles. The largest absolute Gasteiger partial charge is 0.396 e. The van der Waals surface area contributed by atoms with Gasteiger partial charge in [-0.3, -0.25) is 4.68 Å². The Balaban J connectivity index is 2.57. The van der Waals surface area contributed by atoms with Gasteiger partial charge in [0.2, 0.25) is 0 Å². The molecule has 0 aliphatic heterocycles. The lowest BCUT2D eigenvalue weighted by atomic mass is 9.89. The summed E-state index contributed by atoms with van der Waals surface area (Å²) in [5, 5.41) is 13.6. The highest BCUT2D eigenvalue weighted by molar-refractivity contribution is 5.48. The predicted molar refractivity (Wildman–Crippen MR) is 78.6 cm³/mol. The van der Waals surface area contributed by atoms with Crippen molar-refractivity contribution in [2.75, 3.05) is 5.73 Å². The van der Waals surface area contributed by atoms with Crippen molar-refractivity contribution in [1.82, 2.24) is 9.78 Å². The van der Waals surface area contributed by atoms with E-state index in [4.69, 9.17) is 11.0 Å². The molecule has 0 saturated carbocycles. The lowest BCUT2D eigenvalue weighted by Gasteiger charge is -2.14. The van der Waals surface area contributed by atoms with Crippen LogP contribution in [0.3, 0.4) is 0 Å². The van der Waals surface area contributed by atoms with E-state index in [0.29, 0.717) is 0 Å². The summed E-state index contributed by atoms with van der Waals surface area (Å²) >= 11 is 0. The average molecular weight is 262 g/mol. The van der Waals surface area contributed by atoms with Crippen molar-refractivity contribution < 1.29 is 0 Å². The Bertz CT molecular complexity index is 451. The maximum atomic E-state index is 8.98. The fourth-order valence-corrected chi connectivity index (χ4v) is 2.27. The Labute approximate surface area is 116 Å².